The molecule has 0 saturated carbocycles. The van der Waals surface area contributed by atoms with Crippen LogP contribution in [0.1, 0.15) is 0 Å². The lowest BCUT2D eigenvalue weighted by atomic mass is 9.98. The highest BCUT2D eigenvalue weighted by Crippen LogP contribution is 2.25. The van der Waals surface area contributed by atoms with Crippen molar-refractivity contribution in [3.63, 3.8) is 0 Å². The summed E-state index contributed by atoms with van der Waals surface area (Å²) in [7, 11) is 0. The van der Waals surface area contributed by atoms with E-state index in [2.05, 4.69) is 4.98 Å². The minimum Gasteiger partial charge on any atom is -0.448 e. The van der Waals surface area contributed by atoms with Crippen LogP contribution in [0.2, 0.25) is 0 Å². The molecule has 6 N–H and O–H groups in total. The molecule has 1 aliphatic rings. The lowest BCUT2D eigenvalue weighted by molar-refractivity contribution is -0.239. The van der Waals surface area contributed by atoms with Crippen LogP contribution in [0.3, 0.4) is 0 Å². The minimum atomic E-state index is -1.24. The van der Waals surface area contributed by atoms with Crippen molar-refractivity contribution >= 4 is 10.9 Å². The maximum atomic E-state index is 9.88. The number of H-pyrrole nitrogens is 1. The van der Waals surface area contributed by atoms with Gasteiger partial charge in [-0.2, -0.15) is 0 Å². The van der Waals surface area contributed by atoms with Gasteiger partial charge in [0.25, 0.3) is 0 Å². The van der Waals surface area contributed by atoms with Crippen LogP contribution in [-0.2, 0) is 4.74 Å². The highest BCUT2D eigenvalue weighted by atomic mass is 16.7. The van der Waals surface area contributed by atoms with Crippen molar-refractivity contribution in [1.82, 2.24) is 4.98 Å². The van der Waals surface area contributed by atoms with E-state index in [9.17, 15) is 10.2 Å². The molecule has 1 saturated heterocycles. The molecule has 5 atom stereocenters. The number of benzene rings is 1. The Kier molecular flexibility index (Phi) is 3.83. The molecular weight excluding hydrogens is 276 g/mol. The summed E-state index contributed by atoms with van der Waals surface area (Å²) >= 11 is 0. The number of aliphatic hydroxyl groups is 3. The fraction of sp³-hybridized carbons (Fsp3) is 0.429. The monoisotopic (exact) mass is 294 g/mol. The maximum absolute atomic E-state index is 9.88. The number of nitrogens with two attached hydrogens (primary N) is 1. The number of hydrogen-bond acceptors (Lipinski definition) is 6. The Balaban J connectivity index is 1.79. The first kappa shape index (κ1) is 14.3. The van der Waals surface area contributed by atoms with E-state index < -0.39 is 37.3 Å². The van der Waals surface area contributed by atoms with Gasteiger partial charge in [0.1, 0.15) is 18.3 Å². The van der Waals surface area contributed by atoms with Crippen LogP contribution >= 0.6 is 0 Å². The molecule has 2 heterocycles. The first-order chi connectivity index (χ1) is 10.1. The lowest BCUT2D eigenvalue weighted by Gasteiger charge is -2.40. The third-order valence-corrected chi connectivity index (χ3v) is 3.68. The number of rotatable bonds is 3. The molecule has 3 rings (SSSR count). The second-order valence-electron chi connectivity index (χ2n) is 5.12. The Labute approximate surface area is 120 Å². The highest BCUT2D eigenvalue weighted by Gasteiger charge is 2.43. The molecule has 0 bridgehead atoms. The molecule has 0 amide bonds. The zero-order chi connectivity index (χ0) is 15.0. The number of aromatic amines is 1. The zero-order valence-electron chi connectivity index (χ0n) is 11.2. The number of nitrogens with one attached hydrogen (secondary N) is 1. The first-order valence-electron chi connectivity index (χ1n) is 6.72. The summed E-state index contributed by atoms with van der Waals surface area (Å²) in [6.07, 6.45) is -4.37. The third-order valence-electron chi connectivity index (χ3n) is 3.68. The Morgan fingerprint density at radius 2 is 2.00 bits per heavy atom. The lowest BCUT2D eigenvalue weighted by Crippen LogP contribution is -2.63. The molecule has 0 spiro atoms. The number of aromatic nitrogens is 1. The summed E-state index contributed by atoms with van der Waals surface area (Å²) in [4.78, 5) is 3.06. The summed E-state index contributed by atoms with van der Waals surface area (Å²) in [6, 6.07) is 8.50. The summed E-state index contributed by atoms with van der Waals surface area (Å²) in [6.45, 7) is -0.433. The number of aliphatic hydroxyl groups excluding tert-OH is 3. The van der Waals surface area contributed by atoms with Crippen LogP contribution in [0, 0.1) is 0 Å². The topological polar surface area (TPSA) is 121 Å². The Hall–Kier alpha value is -1.64. The predicted molar refractivity (Wildman–Crippen MR) is 74.7 cm³/mol. The van der Waals surface area contributed by atoms with Gasteiger partial charge in [0.2, 0.25) is 6.29 Å². The van der Waals surface area contributed by atoms with Gasteiger partial charge in [0.05, 0.1) is 12.6 Å². The Morgan fingerprint density at radius 3 is 2.71 bits per heavy atom. The van der Waals surface area contributed by atoms with Gasteiger partial charge in [-0.3, -0.25) is 0 Å². The van der Waals surface area contributed by atoms with Crippen molar-refractivity contribution < 1.29 is 24.8 Å². The van der Waals surface area contributed by atoms with Gasteiger partial charge >= 0.3 is 0 Å². The van der Waals surface area contributed by atoms with E-state index in [1.54, 1.807) is 6.07 Å². The van der Waals surface area contributed by atoms with E-state index in [0.717, 1.165) is 10.9 Å². The van der Waals surface area contributed by atoms with Crippen LogP contribution in [-0.4, -0.2) is 57.6 Å². The van der Waals surface area contributed by atoms with Crippen molar-refractivity contribution in [3.05, 3.63) is 30.3 Å². The molecule has 21 heavy (non-hydrogen) atoms. The summed E-state index contributed by atoms with van der Waals surface area (Å²) < 4.78 is 11.0. The first-order valence-corrected chi connectivity index (χ1v) is 6.72. The minimum absolute atomic E-state index is 0.433. The van der Waals surface area contributed by atoms with Crippen LogP contribution in [0.25, 0.3) is 10.9 Å². The number of fused-ring (bicyclic) bond motifs is 1. The van der Waals surface area contributed by atoms with E-state index in [1.807, 2.05) is 24.3 Å². The quantitative estimate of drug-likeness (QED) is 0.511. The molecule has 0 aliphatic carbocycles. The smallest absolute Gasteiger partial charge is 0.219 e. The standard InChI is InChI=1S/C14H18N2O5/c15-11-13(19)12(18)9(6-17)20-14(11)21-10-5-7-3-1-2-4-8(7)16-10/h1-5,9,11-14,16-19H,6,15H2/t9-,11-,12-,13-,14+/m1/s1. The highest BCUT2D eigenvalue weighted by molar-refractivity contribution is 5.81. The van der Waals surface area contributed by atoms with Crippen molar-refractivity contribution in [2.75, 3.05) is 6.61 Å². The van der Waals surface area contributed by atoms with E-state index in [0.29, 0.717) is 5.88 Å². The molecule has 0 radical (unpaired) electrons. The van der Waals surface area contributed by atoms with Crippen LogP contribution in [0.15, 0.2) is 30.3 Å². The molecule has 2 aromatic rings. The molecule has 7 nitrogen and oxygen atoms in total. The van der Waals surface area contributed by atoms with E-state index in [1.165, 1.54) is 0 Å². The third kappa shape index (κ3) is 2.61. The fourth-order valence-electron chi connectivity index (χ4n) is 2.44. The van der Waals surface area contributed by atoms with Gasteiger partial charge in [0, 0.05) is 17.0 Å². The average molecular weight is 294 g/mol. The SMILES string of the molecule is N[C@H]1[C@H](Oc2cc3ccccc3[nH]2)O[C@H](CO)[C@@H](O)[C@@H]1O. The molecule has 1 fully saturated rings. The van der Waals surface area contributed by atoms with Crippen LogP contribution in [0.4, 0.5) is 0 Å². The van der Waals surface area contributed by atoms with Crippen molar-refractivity contribution in [1.29, 1.82) is 0 Å². The summed E-state index contributed by atoms with van der Waals surface area (Å²) in [5.41, 5.74) is 6.72. The van der Waals surface area contributed by atoms with Gasteiger partial charge in [-0.1, -0.05) is 18.2 Å². The molecule has 0 unspecified atom stereocenters. The molecule has 114 valence electrons. The molecule has 7 heteroatoms. The van der Waals surface area contributed by atoms with Gasteiger partial charge in [-0.25, -0.2) is 0 Å². The normalized spacial score (nSPS) is 33.2. The second kappa shape index (κ2) is 5.63. The summed E-state index contributed by atoms with van der Waals surface area (Å²) in [5.74, 6) is 0.442. The zero-order valence-corrected chi connectivity index (χ0v) is 11.2. The van der Waals surface area contributed by atoms with Crippen molar-refractivity contribution in [3.8, 4) is 5.88 Å². The van der Waals surface area contributed by atoms with Gasteiger partial charge in [0.15, 0.2) is 5.88 Å². The van der Waals surface area contributed by atoms with Gasteiger partial charge < -0.3 is 35.5 Å². The van der Waals surface area contributed by atoms with Gasteiger partial charge in [-0.15, -0.1) is 0 Å². The van der Waals surface area contributed by atoms with Crippen LogP contribution < -0.4 is 10.5 Å². The van der Waals surface area contributed by atoms with E-state index in [-0.39, 0.29) is 0 Å². The summed E-state index contributed by atoms with van der Waals surface area (Å²) in [5, 5.41) is 29.7. The Morgan fingerprint density at radius 1 is 1.24 bits per heavy atom. The molecular formula is C14H18N2O5. The molecule has 1 aromatic heterocycles. The second-order valence-corrected chi connectivity index (χ2v) is 5.12. The van der Waals surface area contributed by atoms with Crippen LogP contribution in [0.5, 0.6) is 5.88 Å². The van der Waals surface area contributed by atoms with E-state index in [4.69, 9.17) is 20.3 Å². The van der Waals surface area contributed by atoms with Crippen molar-refractivity contribution in [2.45, 2.75) is 30.6 Å². The average Bonchev–Trinajstić information content (AvgIpc) is 2.90. The predicted octanol–water partition coefficient (Wildman–Crippen LogP) is -0.687. The number of hydrogen-bond donors (Lipinski definition) is 5. The van der Waals surface area contributed by atoms with Gasteiger partial charge in [-0.05, 0) is 6.07 Å². The number of ether oxygens (including phenoxy) is 2. The molecule has 1 aromatic carbocycles. The maximum Gasteiger partial charge on any atom is 0.219 e. The number of para-hydroxylation sites is 1. The molecule has 1 aliphatic heterocycles. The Bertz CT molecular complexity index is 581. The van der Waals surface area contributed by atoms with Crippen molar-refractivity contribution in [2.24, 2.45) is 5.73 Å². The fourth-order valence-corrected chi connectivity index (χ4v) is 2.44. The largest absolute Gasteiger partial charge is 0.448 e. The van der Waals surface area contributed by atoms with E-state index >= 15 is 0 Å².